The molecule has 1 fully saturated rings. The second kappa shape index (κ2) is 5.73. The molecule has 0 unspecified atom stereocenters. The molecule has 5 nitrogen and oxygen atoms in total. The van der Waals surface area contributed by atoms with Crippen molar-refractivity contribution in [2.45, 2.75) is 12.8 Å². The van der Waals surface area contributed by atoms with Crippen molar-refractivity contribution in [3.05, 3.63) is 24.3 Å². The third-order valence-corrected chi connectivity index (χ3v) is 3.04. The summed E-state index contributed by atoms with van der Waals surface area (Å²) in [6, 6.07) is 7.12. The van der Waals surface area contributed by atoms with Crippen LogP contribution in [0.5, 0.6) is 5.75 Å². The summed E-state index contributed by atoms with van der Waals surface area (Å²) in [6.45, 7) is 0.0759. The number of benzene rings is 1. The van der Waals surface area contributed by atoms with Crippen LogP contribution in [-0.4, -0.2) is 37.4 Å². The Bertz CT molecular complexity index is 483. The number of hydrogen-bond acceptors (Lipinski definition) is 3. The number of carbonyl (C=O) groups is 2. The Kier molecular flexibility index (Phi) is 4.04. The molecule has 0 saturated heterocycles. The molecule has 0 aromatic heterocycles. The van der Waals surface area contributed by atoms with Gasteiger partial charge in [0.25, 0.3) is 0 Å². The first-order valence-electron chi connectivity index (χ1n) is 6.29. The molecule has 1 aliphatic rings. The van der Waals surface area contributed by atoms with Gasteiger partial charge in [-0.1, -0.05) is 6.07 Å². The molecule has 1 aromatic carbocycles. The lowest BCUT2D eigenvalue weighted by molar-refractivity contribution is -0.134. The summed E-state index contributed by atoms with van der Waals surface area (Å²) in [5.41, 5.74) is 0.664. The van der Waals surface area contributed by atoms with E-state index in [-0.39, 0.29) is 24.3 Å². The summed E-state index contributed by atoms with van der Waals surface area (Å²) in [4.78, 5) is 25.0. The van der Waals surface area contributed by atoms with Crippen molar-refractivity contribution in [3.63, 3.8) is 0 Å². The molecule has 2 rings (SSSR count). The summed E-state index contributed by atoms with van der Waals surface area (Å²) in [6.07, 6.45) is 1.89. The number of hydrogen-bond donors (Lipinski definition) is 1. The molecule has 1 N–H and O–H groups in total. The van der Waals surface area contributed by atoms with Gasteiger partial charge in [0, 0.05) is 24.7 Å². The SMILES string of the molecule is COc1cccc(NC(=O)CN(C)C(=O)C2CC2)c1. The van der Waals surface area contributed by atoms with E-state index in [9.17, 15) is 9.59 Å². The van der Waals surface area contributed by atoms with E-state index >= 15 is 0 Å². The third kappa shape index (κ3) is 3.71. The van der Waals surface area contributed by atoms with Gasteiger partial charge < -0.3 is 15.0 Å². The van der Waals surface area contributed by atoms with Gasteiger partial charge in [-0.2, -0.15) is 0 Å². The molecule has 0 atom stereocenters. The normalized spacial score (nSPS) is 13.8. The second-order valence-corrected chi connectivity index (χ2v) is 4.75. The quantitative estimate of drug-likeness (QED) is 0.875. The zero-order chi connectivity index (χ0) is 13.8. The maximum atomic E-state index is 11.8. The van der Waals surface area contributed by atoms with Crippen molar-refractivity contribution in [1.29, 1.82) is 0 Å². The summed E-state index contributed by atoms with van der Waals surface area (Å²) in [5, 5.41) is 2.75. The van der Waals surface area contributed by atoms with Gasteiger partial charge in [-0.3, -0.25) is 9.59 Å². The Morgan fingerprint density at radius 3 is 2.79 bits per heavy atom. The molecule has 1 aliphatic carbocycles. The zero-order valence-electron chi connectivity index (χ0n) is 11.2. The van der Waals surface area contributed by atoms with E-state index in [1.165, 1.54) is 4.90 Å². The van der Waals surface area contributed by atoms with Crippen LogP contribution in [0, 0.1) is 5.92 Å². The number of anilines is 1. The highest BCUT2D eigenvalue weighted by Gasteiger charge is 2.32. The predicted octanol–water partition coefficient (Wildman–Crippen LogP) is 1.50. The monoisotopic (exact) mass is 262 g/mol. The average Bonchev–Trinajstić information content (AvgIpc) is 3.22. The fourth-order valence-corrected chi connectivity index (χ4v) is 1.84. The highest BCUT2D eigenvalue weighted by atomic mass is 16.5. The number of nitrogens with zero attached hydrogens (tertiary/aromatic N) is 1. The molecular formula is C14H18N2O3. The number of likely N-dealkylation sites (N-methyl/N-ethyl adjacent to an activating group) is 1. The highest BCUT2D eigenvalue weighted by Crippen LogP contribution is 2.30. The first kappa shape index (κ1) is 13.4. The van der Waals surface area contributed by atoms with E-state index in [0.717, 1.165) is 12.8 Å². The Labute approximate surface area is 112 Å². The zero-order valence-corrected chi connectivity index (χ0v) is 11.2. The number of carbonyl (C=O) groups excluding carboxylic acids is 2. The molecule has 1 aromatic rings. The van der Waals surface area contributed by atoms with Gasteiger partial charge in [-0.05, 0) is 25.0 Å². The van der Waals surface area contributed by atoms with Crippen LogP contribution < -0.4 is 10.1 Å². The smallest absolute Gasteiger partial charge is 0.243 e. The van der Waals surface area contributed by atoms with Crippen LogP contribution in [0.15, 0.2) is 24.3 Å². The number of nitrogens with one attached hydrogen (secondary N) is 1. The summed E-state index contributed by atoms with van der Waals surface area (Å²) >= 11 is 0. The van der Waals surface area contributed by atoms with Crippen LogP contribution in [0.1, 0.15) is 12.8 Å². The number of amides is 2. The molecule has 102 valence electrons. The van der Waals surface area contributed by atoms with Crippen molar-refractivity contribution < 1.29 is 14.3 Å². The van der Waals surface area contributed by atoms with Crippen LogP contribution in [0.4, 0.5) is 5.69 Å². The first-order valence-corrected chi connectivity index (χ1v) is 6.29. The average molecular weight is 262 g/mol. The van der Waals surface area contributed by atoms with E-state index in [4.69, 9.17) is 4.74 Å². The maximum absolute atomic E-state index is 11.8. The minimum atomic E-state index is -0.204. The molecule has 0 aliphatic heterocycles. The standard InChI is InChI=1S/C14H18N2O3/c1-16(14(18)10-6-7-10)9-13(17)15-11-4-3-5-12(8-11)19-2/h3-5,8,10H,6-7,9H2,1-2H3,(H,15,17). The fraction of sp³-hybridized carbons (Fsp3) is 0.429. The van der Waals surface area contributed by atoms with Crippen molar-refractivity contribution in [2.75, 3.05) is 26.0 Å². The molecule has 2 amide bonds. The van der Waals surface area contributed by atoms with Gasteiger partial charge in [0.1, 0.15) is 5.75 Å². The number of ether oxygens (including phenoxy) is 1. The minimum absolute atomic E-state index is 0.0563. The van der Waals surface area contributed by atoms with E-state index in [2.05, 4.69) is 5.32 Å². The fourth-order valence-electron chi connectivity index (χ4n) is 1.84. The lowest BCUT2D eigenvalue weighted by Crippen LogP contribution is -2.35. The molecule has 0 heterocycles. The Hall–Kier alpha value is -2.04. The van der Waals surface area contributed by atoms with E-state index < -0.39 is 0 Å². The topological polar surface area (TPSA) is 58.6 Å². The van der Waals surface area contributed by atoms with E-state index in [0.29, 0.717) is 11.4 Å². The van der Waals surface area contributed by atoms with Gasteiger partial charge in [0.2, 0.25) is 11.8 Å². The first-order chi connectivity index (χ1) is 9.10. The molecule has 19 heavy (non-hydrogen) atoms. The lowest BCUT2D eigenvalue weighted by Gasteiger charge is -2.16. The minimum Gasteiger partial charge on any atom is -0.497 e. The summed E-state index contributed by atoms with van der Waals surface area (Å²) in [5.74, 6) is 0.667. The molecular weight excluding hydrogens is 244 g/mol. The molecule has 0 radical (unpaired) electrons. The summed E-state index contributed by atoms with van der Waals surface area (Å²) < 4.78 is 5.08. The molecule has 1 saturated carbocycles. The third-order valence-electron chi connectivity index (χ3n) is 3.04. The van der Waals surface area contributed by atoms with Crippen molar-refractivity contribution >= 4 is 17.5 Å². The summed E-state index contributed by atoms with van der Waals surface area (Å²) in [7, 11) is 3.23. The Morgan fingerprint density at radius 1 is 1.42 bits per heavy atom. The van der Waals surface area contributed by atoms with Crippen LogP contribution >= 0.6 is 0 Å². The predicted molar refractivity (Wildman–Crippen MR) is 72.0 cm³/mol. The second-order valence-electron chi connectivity index (χ2n) is 4.75. The van der Waals surface area contributed by atoms with Crippen LogP contribution in [0.2, 0.25) is 0 Å². The largest absolute Gasteiger partial charge is 0.497 e. The van der Waals surface area contributed by atoms with Crippen LogP contribution in [0.25, 0.3) is 0 Å². The van der Waals surface area contributed by atoms with E-state index in [1.54, 1.807) is 38.4 Å². The number of methoxy groups -OCH3 is 1. The van der Waals surface area contributed by atoms with Gasteiger partial charge in [0.05, 0.1) is 13.7 Å². The van der Waals surface area contributed by atoms with E-state index in [1.807, 2.05) is 0 Å². The Balaban J connectivity index is 1.87. The highest BCUT2D eigenvalue weighted by molar-refractivity contribution is 5.95. The van der Waals surface area contributed by atoms with Crippen LogP contribution in [0.3, 0.4) is 0 Å². The van der Waals surface area contributed by atoms with Crippen LogP contribution in [-0.2, 0) is 9.59 Å². The van der Waals surface area contributed by atoms with Crippen molar-refractivity contribution in [1.82, 2.24) is 4.90 Å². The van der Waals surface area contributed by atoms with Gasteiger partial charge in [-0.25, -0.2) is 0 Å². The van der Waals surface area contributed by atoms with Crippen molar-refractivity contribution in [3.8, 4) is 5.75 Å². The van der Waals surface area contributed by atoms with Crippen molar-refractivity contribution in [2.24, 2.45) is 5.92 Å². The molecule has 0 bridgehead atoms. The Morgan fingerprint density at radius 2 is 2.16 bits per heavy atom. The lowest BCUT2D eigenvalue weighted by atomic mass is 10.3. The van der Waals surface area contributed by atoms with Gasteiger partial charge in [0.15, 0.2) is 0 Å². The molecule has 5 heteroatoms. The number of rotatable bonds is 5. The maximum Gasteiger partial charge on any atom is 0.243 e. The molecule has 0 spiro atoms. The van der Waals surface area contributed by atoms with Gasteiger partial charge in [-0.15, -0.1) is 0 Å². The van der Waals surface area contributed by atoms with Gasteiger partial charge >= 0.3 is 0 Å².